The first kappa shape index (κ1) is 18.5. The molecular formula is C19H31NO2. The van der Waals surface area contributed by atoms with Gasteiger partial charge in [0, 0.05) is 6.20 Å². The van der Waals surface area contributed by atoms with Crippen molar-refractivity contribution < 1.29 is 9.53 Å². The Hall–Kier alpha value is -1.51. The largest absolute Gasteiger partial charge is 0.464 e. The van der Waals surface area contributed by atoms with E-state index in [0.717, 1.165) is 18.4 Å². The SMILES string of the molecule is CCCCCCCCCC/C=C/Cc1c[nH]c(C(=O)OC)c1. The summed E-state index contributed by atoms with van der Waals surface area (Å²) in [6.45, 7) is 2.26. The molecule has 0 fully saturated rings. The quantitative estimate of drug-likeness (QED) is 0.318. The summed E-state index contributed by atoms with van der Waals surface area (Å²) in [5, 5.41) is 0. The van der Waals surface area contributed by atoms with Gasteiger partial charge in [0.05, 0.1) is 7.11 Å². The number of esters is 1. The van der Waals surface area contributed by atoms with Crippen molar-refractivity contribution in [1.29, 1.82) is 0 Å². The number of ether oxygens (including phenoxy) is 1. The summed E-state index contributed by atoms with van der Waals surface area (Å²) in [7, 11) is 1.40. The molecule has 3 nitrogen and oxygen atoms in total. The summed E-state index contributed by atoms with van der Waals surface area (Å²) in [5.74, 6) is -0.311. The van der Waals surface area contributed by atoms with Crippen LogP contribution in [0.3, 0.4) is 0 Å². The number of H-pyrrole nitrogens is 1. The average molecular weight is 305 g/mol. The first-order valence-electron chi connectivity index (χ1n) is 8.68. The second kappa shape index (κ2) is 12.1. The predicted molar refractivity (Wildman–Crippen MR) is 92.2 cm³/mol. The number of aromatic amines is 1. The van der Waals surface area contributed by atoms with Gasteiger partial charge in [-0.1, -0.05) is 64.0 Å². The highest BCUT2D eigenvalue weighted by molar-refractivity contribution is 5.87. The van der Waals surface area contributed by atoms with E-state index in [4.69, 9.17) is 0 Å². The average Bonchev–Trinajstić information content (AvgIpc) is 3.00. The van der Waals surface area contributed by atoms with Crippen molar-refractivity contribution in [2.45, 2.75) is 71.1 Å². The summed E-state index contributed by atoms with van der Waals surface area (Å²) in [6, 6.07) is 1.85. The molecule has 1 N–H and O–H groups in total. The van der Waals surface area contributed by atoms with Gasteiger partial charge in [-0.15, -0.1) is 0 Å². The minimum absolute atomic E-state index is 0.311. The number of unbranched alkanes of at least 4 members (excludes halogenated alkanes) is 8. The Labute approximate surface area is 135 Å². The third-order valence-corrected chi connectivity index (χ3v) is 3.89. The molecule has 0 saturated carbocycles. The molecule has 3 heteroatoms. The zero-order chi connectivity index (χ0) is 16.0. The van der Waals surface area contributed by atoms with Crippen LogP contribution in [0.1, 0.15) is 80.8 Å². The fraction of sp³-hybridized carbons (Fsp3) is 0.632. The van der Waals surface area contributed by atoms with Crippen LogP contribution in [0.4, 0.5) is 0 Å². The summed E-state index contributed by atoms with van der Waals surface area (Å²) >= 11 is 0. The van der Waals surface area contributed by atoms with E-state index < -0.39 is 0 Å². The van der Waals surface area contributed by atoms with Gasteiger partial charge in [-0.25, -0.2) is 4.79 Å². The number of carbonyl (C=O) groups excluding carboxylic acids is 1. The number of rotatable bonds is 12. The molecule has 1 heterocycles. The van der Waals surface area contributed by atoms with Gasteiger partial charge in [-0.05, 0) is 30.9 Å². The number of nitrogens with one attached hydrogen (secondary N) is 1. The van der Waals surface area contributed by atoms with Crippen LogP contribution in [-0.4, -0.2) is 18.1 Å². The monoisotopic (exact) mass is 305 g/mol. The van der Waals surface area contributed by atoms with Crippen LogP contribution in [0, 0.1) is 0 Å². The van der Waals surface area contributed by atoms with Gasteiger partial charge in [0.15, 0.2) is 0 Å². The molecule has 0 aliphatic heterocycles. The van der Waals surface area contributed by atoms with E-state index in [1.165, 1.54) is 58.5 Å². The van der Waals surface area contributed by atoms with Crippen molar-refractivity contribution >= 4 is 5.97 Å². The smallest absolute Gasteiger partial charge is 0.354 e. The van der Waals surface area contributed by atoms with Crippen molar-refractivity contribution in [1.82, 2.24) is 4.98 Å². The highest BCUT2D eigenvalue weighted by Gasteiger charge is 2.06. The van der Waals surface area contributed by atoms with E-state index in [1.54, 1.807) is 0 Å². The van der Waals surface area contributed by atoms with Crippen molar-refractivity contribution in [3.63, 3.8) is 0 Å². The lowest BCUT2D eigenvalue weighted by atomic mass is 10.1. The Balaban J connectivity index is 2.02. The van der Waals surface area contributed by atoms with Crippen molar-refractivity contribution in [3.05, 3.63) is 35.7 Å². The second-order valence-corrected chi connectivity index (χ2v) is 5.85. The Morgan fingerprint density at radius 1 is 1.09 bits per heavy atom. The molecule has 0 aromatic carbocycles. The van der Waals surface area contributed by atoms with Gasteiger partial charge >= 0.3 is 5.97 Å². The second-order valence-electron chi connectivity index (χ2n) is 5.85. The summed E-state index contributed by atoms with van der Waals surface area (Å²) in [4.78, 5) is 14.3. The van der Waals surface area contributed by atoms with E-state index in [1.807, 2.05) is 12.3 Å². The summed E-state index contributed by atoms with van der Waals surface area (Å²) in [5.41, 5.74) is 1.64. The van der Waals surface area contributed by atoms with Crippen LogP contribution in [0.15, 0.2) is 24.4 Å². The molecule has 0 unspecified atom stereocenters. The van der Waals surface area contributed by atoms with Crippen molar-refractivity contribution in [2.24, 2.45) is 0 Å². The molecule has 0 bridgehead atoms. The summed E-state index contributed by atoms with van der Waals surface area (Å²) in [6.07, 6.45) is 19.2. The van der Waals surface area contributed by atoms with Gasteiger partial charge in [0.1, 0.15) is 5.69 Å². The summed E-state index contributed by atoms with van der Waals surface area (Å²) < 4.78 is 4.67. The topological polar surface area (TPSA) is 42.1 Å². The van der Waals surface area contributed by atoms with E-state index in [9.17, 15) is 4.79 Å². The third kappa shape index (κ3) is 8.06. The van der Waals surface area contributed by atoms with Gasteiger partial charge in [-0.3, -0.25) is 0 Å². The molecule has 0 aliphatic carbocycles. The molecule has 0 aliphatic rings. The van der Waals surface area contributed by atoms with Gasteiger partial charge in [0.2, 0.25) is 0 Å². The Kier molecular flexibility index (Phi) is 10.2. The highest BCUT2D eigenvalue weighted by atomic mass is 16.5. The Bertz CT molecular complexity index is 434. The van der Waals surface area contributed by atoms with E-state index in [2.05, 4.69) is 28.8 Å². The van der Waals surface area contributed by atoms with E-state index in [-0.39, 0.29) is 5.97 Å². The molecular weight excluding hydrogens is 274 g/mol. The molecule has 0 saturated heterocycles. The maximum absolute atomic E-state index is 11.3. The molecule has 22 heavy (non-hydrogen) atoms. The maximum Gasteiger partial charge on any atom is 0.354 e. The zero-order valence-corrected chi connectivity index (χ0v) is 14.2. The first-order valence-corrected chi connectivity index (χ1v) is 8.68. The standard InChI is InChI=1S/C19H31NO2/c1-3-4-5-6-7-8-9-10-11-12-13-14-17-15-18(20-16-17)19(21)22-2/h12-13,15-16,20H,3-11,14H2,1-2H3/b13-12+. The molecule has 0 atom stereocenters. The third-order valence-electron chi connectivity index (χ3n) is 3.89. The van der Waals surface area contributed by atoms with Gasteiger partial charge in [0.25, 0.3) is 0 Å². The van der Waals surface area contributed by atoms with Crippen LogP contribution in [0.25, 0.3) is 0 Å². The zero-order valence-electron chi connectivity index (χ0n) is 14.2. The molecule has 1 aromatic heterocycles. The van der Waals surface area contributed by atoms with Crippen molar-refractivity contribution in [2.75, 3.05) is 7.11 Å². The number of hydrogen-bond acceptors (Lipinski definition) is 2. The minimum Gasteiger partial charge on any atom is -0.464 e. The van der Waals surface area contributed by atoms with Crippen LogP contribution in [0.5, 0.6) is 0 Å². The van der Waals surface area contributed by atoms with Crippen LogP contribution in [-0.2, 0) is 11.2 Å². The van der Waals surface area contributed by atoms with Crippen LogP contribution in [0.2, 0.25) is 0 Å². The maximum atomic E-state index is 11.3. The molecule has 124 valence electrons. The minimum atomic E-state index is -0.311. The number of hydrogen-bond donors (Lipinski definition) is 1. The molecule has 0 spiro atoms. The predicted octanol–water partition coefficient (Wildman–Crippen LogP) is 5.43. The normalized spacial score (nSPS) is 11.2. The lowest BCUT2D eigenvalue weighted by Gasteiger charge is -1.99. The molecule has 0 amide bonds. The molecule has 1 aromatic rings. The fourth-order valence-corrected chi connectivity index (χ4v) is 2.52. The van der Waals surface area contributed by atoms with Crippen LogP contribution < -0.4 is 0 Å². The van der Waals surface area contributed by atoms with E-state index in [0.29, 0.717) is 5.69 Å². The highest BCUT2D eigenvalue weighted by Crippen LogP contribution is 2.10. The number of aromatic nitrogens is 1. The lowest BCUT2D eigenvalue weighted by molar-refractivity contribution is 0.0595. The number of carbonyl (C=O) groups is 1. The Morgan fingerprint density at radius 2 is 1.77 bits per heavy atom. The molecule has 0 radical (unpaired) electrons. The first-order chi connectivity index (χ1) is 10.8. The number of methoxy groups -OCH3 is 1. The molecule has 1 rings (SSSR count). The van der Waals surface area contributed by atoms with Gasteiger partial charge < -0.3 is 9.72 Å². The Morgan fingerprint density at radius 3 is 2.45 bits per heavy atom. The van der Waals surface area contributed by atoms with E-state index >= 15 is 0 Å². The van der Waals surface area contributed by atoms with Gasteiger partial charge in [-0.2, -0.15) is 0 Å². The van der Waals surface area contributed by atoms with Crippen molar-refractivity contribution in [3.8, 4) is 0 Å². The van der Waals surface area contributed by atoms with Crippen LogP contribution >= 0.6 is 0 Å². The fourth-order valence-electron chi connectivity index (χ4n) is 2.52. The number of allylic oxidation sites excluding steroid dienone is 2. The lowest BCUT2D eigenvalue weighted by Crippen LogP contribution is -2.00.